The van der Waals surface area contributed by atoms with Gasteiger partial charge in [0.25, 0.3) is 0 Å². The van der Waals surface area contributed by atoms with Crippen molar-refractivity contribution in [2.45, 2.75) is 206 Å². The summed E-state index contributed by atoms with van der Waals surface area (Å²) in [7, 11) is 0. The molecule has 0 aliphatic carbocycles. The molecule has 0 saturated carbocycles. The Morgan fingerprint density at radius 3 is 0.676 bits per heavy atom. The van der Waals surface area contributed by atoms with Gasteiger partial charge < -0.3 is 0 Å². The predicted molar refractivity (Wildman–Crippen MR) is 159 cm³/mol. The third-order valence-electron chi connectivity index (χ3n) is 7.93. The quantitative estimate of drug-likeness (QED) is 0.0902. The van der Waals surface area contributed by atoms with Crippen LogP contribution in [-0.2, 0) is 0 Å². The zero-order valence-corrected chi connectivity index (χ0v) is 24.5. The molecule has 0 bridgehead atoms. The minimum Gasteiger partial charge on any atom is -0.0654 e. The summed E-state index contributed by atoms with van der Waals surface area (Å²) in [6.07, 6.45) is 43.6. The highest BCUT2D eigenvalue weighted by Crippen LogP contribution is 2.19. The van der Waals surface area contributed by atoms with Gasteiger partial charge in [0.2, 0.25) is 0 Å². The molecule has 0 saturated heterocycles. The van der Waals surface area contributed by atoms with E-state index < -0.39 is 0 Å². The summed E-state index contributed by atoms with van der Waals surface area (Å²) in [5, 5.41) is 0. The van der Waals surface area contributed by atoms with Crippen LogP contribution >= 0.6 is 0 Å². The first-order chi connectivity index (χ1) is 16.8. The van der Waals surface area contributed by atoms with E-state index in [2.05, 4.69) is 20.8 Å². The van der Waals surface area contributed by atoms with E-state index in [1.165, 1.54) is 193 Å². The first-order valence-corrected chi connectivity index (χ1v) is 16.6. The fourth-order valence-corrected chi connectivity index (χ4v) is 5.40. The average Bonchev–Trinajstić information content (AvgIpc) is 2.84. The van der Waals surface area contributed by atoms with E-state index in [0.717, 1.165) is 5.92 Å². The van der Waals surface area contributed by atoms with Crippen molar-refractivity contribution in [1.82, 2.24) is 0 Å². The molecule has 0 aliphatic heterocycles. The second kappa shape index (κ2) is 31.0. The number of hydrogen-bond donors (Lipinski definition) is 0. The Kier molecular flexibility index (Phi) is 31.0. The molecule has 0 heteroatoms. The van der Waals surface area contributed by atoms with E-state index in [-0.39, 0.29) is 0 Å². The lowest BCUT2D eigenvalue weighted by Crippen LogP contribution is -1.95. The van der Waals surface area contributed by atoms with Gasteiger partial charge >= 0.3 is 0 Å². The van der Waals surface area contributed by atoms with E-state index in [0.29, 0.717) is 0 Å². The summed E-state index contributed by atoms with van der Waals surface area (Å²) in [4.78, 5) is 0. The molecule has 1 unspecified atom stereocenters. The second-order valence-electron chi connectivity index (χ2n) is 11.6. The van der Waals surface area contributed by atoms with Crippen molar-refractivity contribution >= 4 is 0 Å². The van der Waals surface area contributed by atoms with Gasteiger partial charge in [-0.05, 0) is 5.92 Å². The molecule has 0 aliphatic rings. The average molecular weight is 478 g/mol. The van der Waals surface area contributed by atoms with E-state index in [9.17, 15) is 0 Å². The molecule has 0 nitrogen and oxygen atoms in total. The minimum absolute atomic E-state index is 0.717. The molecule has 0 heterocycles. The van der Waals surface area contributed by atoms with Crippen LogP contribution in [0.4, 0.5) is 0 Å². The first kappa shape index (κ1) is 34.0. The highest BCUT2D eigenvalue weighted by molar-refractivity contribution is 4.62. The summed E-state index contributed by atoms with van der Waals surface area (Å²) < 4.78 is 0. The van der Waals surface area contributed by atoms with E-state index in [4.69, 9.17) is 0 Å². The van der Waals surface area contributed by atoms with Crippen LogP contribution in [0.15, 0.2) is 0 Å². The molecule has 0 spiro atoms. The van der Waals surface area contributed by atoms with Gasteiger partial charge in [-0.3, -0.25) is 0 Å². The summed E-state index contributed by atoms with van der Waals surface area (Å²) >= 11 is 0. The lowest BCUT2D eigenvalue weighted by molar-refractivity contribution is 0.459. The van der Waals surface area contributed by atoms with Crippen LogP contribution in [0.3, 0.4) is 0 Å². The number of hydrogen-bond acceptors (Lipinski definition) is 0. The standard InChI is InChI=1S/C34H69/c1-4-6-8-10-12-14-16-18-19-21-23-25-27-29-31-33-34(3)32-30-28-26-24-22-20-17-15-13-11-9-7-5-2/h34H,3-33H2,1-2H3. The van der Waals surface area contributed by atoms with Gasteiger partial charge in [0.15, 0.2) is 0 Å². The number of rotatable bonds is 30. The molecule has 0 amide bonds. The van der Waals surface area contributed by atoms with Crippen LogP contribution in [-0.4, -0.2) is 0 Å². The second-order valence-corrected chi connectivity index (χ2v) is 11.6. The molecule has 205 valence electrons. The predicted octanol–water partition coefficient (Wildman–Crippen LogP) is 13.2. The molecule has 0 aromatic carbocycles. The van der Waals surface area contributed by atoms with Gasteiger partial charge in [0.05, 0.1) is 0 Å². The van der Waals surface area contributed by atoms with Crippen molar-refractivity contribution in [3.63, 3.8) is 0 Å². The molecule has 1 radical (unpaired) electrons. The fraction of sp³-hybridized carbons (Fsp3) is 0.971. The zero-order chi connectivity index (χ0) is 24.8. The van der Waals surface area contributed by atoms with Crippen LogP contribution in [0.5, 0.6) is 0 Å². The summed E-state index contributed by atoms with van der Waals surface area (Å²) in [5.74, 6) is 0.717. The maximum Gasteiger partial charge on any atom is -0.0414 e. The minimum atomic E-state index is 0.717. The molecule has 34 heavy (non-hydrogen) atoms. The lowest BCUT2D eigenvalue weighted by Gasteiger charge is -2.11. The lowest BCUT2D eigenvalue weighted by atomic mass is 9.95. The molecule has 0 fully saturated rings. The van der Waals surface area contributed by atoms with Crippen molar-refractivity contribution in [2.24, 2.45) is 5.92 Å². The largest absolute Gasteiger partial charge is 0.0654 e. The Morgan fingerprint density at radius 1 is 0.294 bits per heavy atom. The summed E-state index contributed by atoms with van der Waals surface area (Å²) in [6.45, 7) is 9.04. The zero-order valence-electron chi connectivity index (χ0n) is 24.5. The van der Waals surface area contributed by atoms with Crippen molar-refractivity contribution in [2.75, 3.05) is 0 Å². The Labute approximate surface area is 219 Å². The van der Waals surface area contributed by atoms with E-state index in [1.807, 2.05) is 0 Å². The van der Waals surface area contributed by atoms with Crippen molar-refractivity contribution < 1.29 is 0 Å². The third kappa shape index (κ3) is 30.0. The van der Waals surface area contributed by atoms with Crippen LogP contribution in [0.25, 0.3) is 0 Å². The molecular formula is C34H69. The third-order valence-corrected chi connectivity index (χ3v) is 7.93. The summed E-state index contributed by atoms with van der Waals surface area (Å²) in [5.41, 5.74) is 0. The molecule has 0 aromatic rings. The smallest absolute Gasteiger partial charge is 0.0414 e. The Balaban J connectivity index is 3.13. The maximum absolute atomic E-state index is 4.44. The van der Waals surface area contributed by atoms with Crippen molar-refractivity contribution in [3.8, 4) is 0 Å². The highest BCUT2D eigenvalue weighted by atomic mass is 14.1. The Bertz CT molecular complexity index is 333. The topological polar surface area (TPSA) is 0 Å². The Morgan fingerprint density at radius 2 is 0.471 bits per heavy atom. The first-order valence-electron chi connectivity index (χ1n) is 16.6. The number of unbranched alkanes of at least 4 members (excludes halogenated alkanes) is 26. The monoisotopic (exact) mass is 478 g/mol. The fourth-order valence-electron chi connectivity index (χ4n) is 5.40. The molecule has 0 N–H and O–H groups in total. The van der Waals surface area contributed by atoms with Crippen molar-refractivity contribution in [3.05, 3.63) is 6.92 Å². The van der Waals surface area contributed by atoms with Gasteiger partial charge in [-0.15, -0.1) is 0 Å². The van der Waals surface area contributed by atoms with Gasteiger partial charge in [-0.1, -0.05) is 213 Å². The van der Waals surface area contributed by atoms with Crippen molar-refractivity contribution in [1.29, 1.82) is 0 Å². The normalized spacial score (nSPS) is 12.4. The van der Waals surface area contributed by atoms with Crippen LogP contribution in [0.2, 0.25) is 0 Å². The van der Waals surface area contributed by atoms with Gasteiger partial charge in [-0.25, -0.2) is 0 Å². The van der Waals surface area contributed by atoms with Gasteiger partial charge in [0, 0.05) is 0 Å². The molecular weight excluding hydrogens is 408 g/mol. The van der Waals surface area contributed by atoms with E-state index >= 15 is 0 Å². The SMILES string of the molecule is [CH2]C(CCCCCCCCCCCCCCC)CCCCCCCCCCCCCCCCC. The molecule has 1 atom stereocenters. The van der Waals surface area contributed by atoms with E-state index in [1.54, 1.807) is 0 Å². The summed E-state index contributed by atoms with van der Waals surface area (Å²) in [6, 6.07) is 0. The molecule has 0 aromatic heterocycles. The highest BCUT2D eigenvalue weighted by Gasteiger charge is 2.02. The van der Waals surface area contributed by atoms with Crippen LogP contribution < -0.4 is 0 Å². The van der Waals surface area contributed by atoms with Gasteiger partial charge in [0.1, 0.15) is 0 Å². The van der Waals surface area contributed by atoms with Gasteiger partial charge in [-0.2, -0.15) is 0 Å². The van der Waals surface area contributed by atoms with Crippen LogP contribution in [0.1, 0.15) is 206 Å². The van der Waals surface area contributed by atoms with Crippen LogP contribution in [0, 0.1) is 12.8 Å². The molecule has 0 rings (SSSR count). The Hall–Kier alpha value is 0. The maximum atomic E-state index is 4.44.